The fourth-order valence-corrected chi connectivity index (χ4v) is 2.58. The van der Waals surface area contributed by atoms with Crippen molar-refractivity contribution in [2.24, 2.45) is 11.8 Å². The average molecular weight is 345 g/mol. The summed E-state index contributed by atoms with van der Waals surface area (Å²) >= 11 is 0. The predicted molar refractivity (Wildman–Crippen MR) is 82.4 cm³/mol. The number of amides is 1. The Hall–Kier alpha value is -1.76. The quantitative estimate of drug-likeness (QED) is 0.798. The molecule has 1 aliphatic rings. The van der Waals surface area contributed by atoms with E-state index in [0.29, 0.717) is 19.4 Å². The van der Waals surface area contributed by atoms with E-state index in [0.717, 1.165) is 5.56 Å². The molecule has 0 saturated heterocycles. The number of hydrogen-bond acceptors (Lipinski definition) is 3. The number of ether oxygens (including phenoxy) is 1. The number of benzene rings is 1. The van der Waals surface area contributed by atoms with Gasteiger partial charge < -0.3 is 15.2 Å². The van der Waals surface area contributed by atoms with E-state index in [2.05, 4.69) is 10.1 Å². The van der Waals surface area contributed by atoms with Crippen LogP contribution in [-0.2, 0) is 4.79 Å². The summed E-state index contributed by atoms with van der Waals surface area (Å²) in [5, 5.41) is 12.5. The van der Waals surface area contributed by atoms with Gasteiger partial charge in [-0.1, -0.05) is 26.0 Å². The third kappa shape index (κ3) is 5.40. The van der Waals surface area contributed by atoms with Crippen molar-refractivity contribution in [2.45, 2.75) is 45.1 Å². The van der Waals surface area contributed by atoms with Gasteiger partial charge in [0.05, 0.1) is 6.10 Å². The molecule has 0 radical (unpaired) electrons. The first-order chi connectivity index (χ1) is 11.2. The van der Waals surface area contributed by atoms with Gasteiger partial charge in [0, 0.05) is 12.5 Å². The number of alkyl halides is 3. The zero-order chi connectivity index (χ0) is 17.9. The lowest BCUT2D eigenvalue weighted by atomic mass is 10.0. The molecule has 2 rings (SSSR count). The van der Waals surface area contributed by atoms with Crippen LogP contribution in [-0.4, -0.2) is 30.0 Å². The van der Waals surface area contributed by atoms with Gasteiger partial charge in [0.25, 0.3) is 0 Å². The van der Waals surface area contributed by atoms with Crippen molar-refractivity contribution in [1.29, 1.82) is 0 Å². The van der Waals surface area contributed by atoms with Crippen molar-refractivity contribution in [1.82, 2.24) is 5.32 Å². The first kappa shape index (κ1) is 18.6. The maximum atomic E-state index is 12.1. The number of hydrogen-bond donors (Lipinski definition) is 2. The van der Waals surface area contributed by atoms with Crippen molar-refractivity contribution in [3.8, 4) is 5.75 Å². The molecular weight excluding hydrogens is 323 g/mol. The molecule has 0 aromatic heterocycles. The molecule has 1 aliphatic carbocycles. The van der Waals surface area contributed by atoms with E-state index in [9.17, 15) is 23.1 Å². The molecule has 0 bridgehead atoms. The number of carbonyl (C=O) groups excluding carboxylic acids is 1. The Morgan fingerprint density at radius 1 is 1.33 bits per heavy atom. The van der Waals surface area contributed by atoms with E-state index in [1.165, 1.54) is 12.1 Å². The highest BCUT2D eigenvalue weighted by atomic mass is 19.4. The minimum atomic E-state index is -4.70. The Labute approximate surface area is 139 Å². The highest BCUT2D eigenvalue weighted by Crippen LogP contribution is 2.47. The van der Waals surface area contributed by atoms with Gasteiger partial charge in [0.15, 0.2) is 0 Å². The molecule has 1 saturated carbocycles. The molecule has 0 spiro atoms. The fraction of sp³-hybridized carbons (Fsp3) is 0.588. The topological polar surface area (TPSA) is 58.6 Å². The maximum absolute atomic E-state index is 12.1. The predicted octanol–water partition coefficient (Wildman–Crippen LogP) is 3.21. The summed E-state index contributed by atoms with van der Waals surface area (Å²) in [6, 6.07) is 5.63. The van der Waals surface area contributed by atoms with Gasteiger partial charge in [-0.2, -0.15) is 0 Å². The van der Waals surface area contributed by atoms with E-state index in [4.69, 9.17) is 0 Å². The zero-order valence-corrected chi connectivity index (χ0v) is 13.6. The lowest BCUT2D eigenvalue weighted by Gasteiger charge is -2.14. The first-order valence-corrected chi connectivity index (χ1v) is 7.99. The lowest BCUT2D eigenvalue weighted by Crippen LogP contribution is -2.30. The van der Waals surface area contributed by atoms with Crippen molar-refractivity contribution in [3.05, 3.63) is 29.8 Å². The molecular formula is C17H22F3NO3. The molecule has 7 heteroatoms. The van der Waals surface area contributed by atoms with Crippen LogP contribution in [0.25, 0.3) is 0 Å². The van der Waals surface area contributed by atoms with Gasteiger partial charge in [-0.05, 0) is 42.4 Å². The molecule has 3 atom stereocenters. The van der Waals surface area contributed by atoms with E-state index in [1.54, 1.807) is 12.1 Å². The van der Waals surface area contributed by atoms with Gasteiger partial charge >= 0.3 is 6.36 Å². The molecule has 1 fully saturated rings. The zero-order valence-electron chi connectivity index (χ0n) is 13.6. The molecule has 24 heavy (non-hydrogen) atoms. The summed E-state index contributed by atoms with van der Waals surface area (Å²) in [6.45, 7) is 4.24. The smallest absolute Gasteiger partial charge is 0.406 e. The Balaban J connectivity index is 1.79. The third-order valence-corrected chi connectivity index (χ3v) is 4.18. The van der Waals surface area contributed by atoms with Crippen LogP contribution in [0.4, 0.5) is 13.2 Å². The minimum Gasteiger partial charge on any atom is -0.406 e. The third-order valence-electron chi connectivity index (χ3n) is 4.18. The van der Waals surface area contributed by atoms with Crippen LogP contribution in [0.15, 0.2) is 24.3 Å². The molecule has 0 aliphatic heterocycles. The van der Waals surface area contributed by atoms with E-state index in [-0.39, 0.29) is 29.4 Å². The molecule has 2 N–H and O–H groups in total. The molecule has 3 unspecified atom stereocenters. The minimum absolute atomic E-state index is 0.0277. The SMILES string of the molecule is CC(C)C(O)CCNC(=O)C1CC1c1ccc(OC(F)(F)F)cc1. The van der Waals surface area contributed by atoms with E-state index >= 15 is 0 Å². The molecule has 0 heterocycles. The second-order valence-corrected chi connectivity index (χ2v) is 6.46. The molecule has 1 aromatic carbocycles. The summed E-state index contributed by atoms with van der Waals surface area (Å²) in [5.41, 5.74) is 0.826. The van der Waals surface area contributed by atoms with Crippen molar-refractivity contribution < 1.29 is 27.8 Å². The lowest BCUT2D eigenvalue weighted by molar-refractivity contribution is -0.274. The molecule has 4 nitrogen and oxygen atoms in total. The number of halogens is 3. The van der Waals surface area contributed by atoms with Crippen molar-refractivity contribution in [3.63, 3.8) is 0 Å². The summed E-state index contributed by atoms with van der Waals surface area (Å²) in [4.78, 5) is 12.0. The van der Waals surface area contributed by atoms with Gasteiger partial charge in [0.2, 0.25) is 5.91 Å². The fourth-order valence-electron chi connectivity index (χ4n) is 2.58. The molecule has 1 aromatic rings. The van der Waals surface area contributed by atoms with E-state index < -0.39 is 12.5 Å². The Morgan fingerprint density at radius 3 is 2.50 bits per heavy atom. The van der Waals surface area contributed by atoms with Crippen LogP contribution in [0.2, 0.25) is 0 Å². The summed E-state index contributed by atoms with van der Waals surface area (Å²) in [6.07, 6.45) is -3.96. The largest absolute Gasteiger partial charge is 0.573 e. The van der Waals surface area contributed by atoms with Gasteiger partial charge in [-0.25, -0.2) is 0 Å². The van der Waals surface area contributed by atoms with Crippen molar-refractivity contribution in [2.75, 3.05) is 6.54 Å². The standard InChI is InChI=1S/C17H22F3NO3/c1-10(2)15(22)7-8-21-16(23)14-9-13(14)11-3-5-12(6-4-11)24-17(18,19)20/h3-6,10,13-15,22H,7-9H2,1-2H3,(H,21,23). The van der Waals surface area contributed by atoms with E-state index in [1.807, 2.05) is 13.8 Å². The van der Waals surface area contributed by atoms with Crippen LogP contribution in [0.3, 0.4) is 0 Å². The van der Waals surface area contributed by atoms with Gasteiger partial charge in [-0.15, -0.1) is 13.2 Å². The summed E-state index contributed by atoms with van der Waals surface area (Å²) in [5.74, 6) is -0.328. The van der Waals surface area contributed by atoms with Gasteiger partial charge in [-0.3, -0.25) is 4.79 Å². The van der Waals surface area contributed by atoms with Crippen LogP contribution < -0.4 is 10.1 Å². The molecule has 134 valence electrons. The van der Waals surface area contributed by atoms with Gasteiger partial charge in [0.1, 0.15) is 5.75 Å². The van der Waals surface area contributed by atoms with Crippen LogP contribution in [0.1, 0.15) is 38.2 Å². The molecule has 1 amide bonds. The maximum Gasteiger partial charge on any atom is 0.573 e. The van der Waals surface area contributed by atoms with Crippen LogP contribution >= 0.6 is 0 Å². The average Bonchev–Trinajstić information content (AvgIpc) is 3.26. The van der Waals surface area contributed by atoms with Crippen LogP contribution in [0.5, 0.6) is 5.75 Å². The number of rotatable bonds is 7. The normalized spacial score (nSPS) is 21.5. The number of aliphatic hydroxyl groups is 1. The van der Waals surface area contributed by atoms with Crippen molar-refractivity contribution >= 4 is 5.91 Å². The monoisotopic (exact) mass is 345 g/mol. The highest BCUT2D eigenvalue weighted by molar-refractivity contribution is 5.82. The number of carbonyl (C=O) groups is 1. The second-order valence-electron chi connectivity index (χ2n) is 6.46. The highest BCUT2D eigenvalue weighted by Gasteiger charge is 2.43. The Kier molecular flexibility index (Phi) is 5.74. The van der Waals surface area contributed by atoms with Crippen LogP contribution in [0, 0.1) is 11.8 Å². The summed E-state index contributed by atoms with van der Waals surface area (Å²) in [7, 11) is 0. The Morgan fingerprint density at radius 2 is 1.96 bits per heavy atom. The summed E-state index contributed by atoms with van der Waals surface area (Å²) < 4.78 is 40.2. The number of nitrogens with one attached hydrogen (secondary N) is 1. The first-order valence-electron chi connectivity index (χ1n) is 7.99. The Bertz CT molecular complexity index is 557. The number of aliphatic hydroxyl groups excluding tert-OH is 1. The second kappa shape index (κ2) is 7.42.